The van der Waals surface area contributed by atoms with Crippen LogP contribution in [0.25, 0.3) is 10.2 Å². The van der Waals surface area contributed by atoms with E-state index in [-0.39, 0.29) is 18.0 Å². The number of ether oxygens (including phenoxy) is 1. The van der Waals surface area contributed by atoms with Gasteiger partial charge in [0, 0.05) is 12.2 Å². The third kappa shape index (κ3) is 3.48. The van der Waals surface area contributed by atoms with Crippen LogP contribution in [0.5, 0.6) is 0 Å². The Kier molecular flexibility index (Phi) is 5.36. The zero-order chi connectivity index (χ0) is 19.6. The summed E-state index contributed by atoms with van der Waals surface area (Å²) in [5.74, 6) is -0.716. The van der Waals surface area contributed by atoms with Gasteiger partial charge in [-0.2, -0.15) is 0 Å². The van der Waals surface area contributed by atoms with Gasteiger partial charge in [0.25, 0.3) is 5.56 Å². The van der Waals surface area contributed by atoms with E-state index in [0.29, 0.717) is 27.2 Å². The summed E-state index contributed by atoms with van der Waals surface area (Å²) in [6.07, 6.45) is 1.35. The highest BCUT2D eigenvalue weighted by atomic mass is 32.1. The number of hydrogen-bond donors (Lipinski definition) is 0. The number of amides is 1. The Bertz CT molecular complexity index is 1060. The molecule has 0 saturated heterocycles. The minimum Gasteiger partial charge on any atom is -0.465 e. The monoisotopic (exact) mass is 385 g/mol. The lowest BCUT2D eigenvalue weighted by Gasteiger charge is -2.21. The molecule has 1 amide bonds. The SMILES string of the molecule is CCN(C(=O)Cn1cnc2sc(C(=O)OC)c(C)c2c1=O)c1ccccc1. The highest BCUT2D eigenvalue weighted by Gasteiger charge is 2.21. The average Bonchev–Trinajstić information content (AvgIpc) is 3.02. The van der Waals surface area contributed by atoms with Gasteiger partial charge in [-0.1, -0.05) is 18.2 Å². The average molecular weight is 385 g/mol. The molecule has 3 aromatic rings. The summed E-state index contributed by atoms with van der Waals surface area (Å²) in [5.41, 5.74) is 0.949. The molecule has 7 nitrogen and oxygen atoms in total. The lowest BCUT2D eigenvalue weighted by Crippen LogP contribution is -2.36. The second-order valence-corrected chi connectivity index (χ2v) is 6.88. The van der Waals surface area contributed by atoms with E-state index in [1.165, 1.54) is 18.0 Å². The number of nitrogens with zero attached hydrogens (tertiary/aromatic N) is 3. The fraction of sp³-hybridized carbons (Fsp3) is 0.263. The molecule has 0 aliphatic rings. The van der Waals surface area contributed by atoms with Gasteiger partial charge in [0.2, 0.25) is 5.91 Å². The Hall–Kier alpha value is -3.00. The van der Waals surface area contributed by atoms with Gasteiger partial charge in [0.05, 0.1) is 18.8 Å². The molecule has 0 aliphatic carbocycles. The first kappa shape index (κ1) is 18.8. The van der Waals surface area contributed by atoms with Gasteiger partial charge < -0.3 is 9.64 Å². The van der Waals surface area contributed by atoms with Gasteiger partial charge in [-0.05, 0) is 31.5 Å². The van der Waals surface area contributed by atoms with Gasteiger partial charge in [-0.25, -0.2) is 9.78 Å². The summed E-state index contributed by atoms with van der Waals surface area (Å²) >= 11 is 1.11. The summed E-state index contributed by atoms with van der Waals surface area (Å²) in [4.78, 5) is 44.1. The molecule has 0 fully saturated rings. The van der Waals surface area contributed by atoms with Crippen molar-refractivity contribution in [2.75, 3.05) is 18.6 Å². The maximum absolute atomic E-state index is 12.9. The van der Waals surface area contributed by atoms with Gasteiger partial charge >= 0.3 is 5.97 Å². The van der Waals surface area contributed by atoms with Crippen molar-refractivity contribution >= 4 is 39.1 Å². The number of aromatic nitrogens is 2. The van der Waals surface area contributed by atoms with Crippen LogP contribution in [0.3, 0.4) is 0 Å². The van der Waals surface area contributed by atoms with E-state index in [4.69, 9.17) is 4.74 Å². The predicted molar refractivity (Wildman–Crippen MR) is 104 cm³/mol. The van der Waals surface area contributed by atoms with Gasteiger partial charge in [0.15, 0.2) is 0 Å². The normalized spacial score (nSPS) is 10.8. The summed E-state index contributed by atoms with van der Waals surface area (Å²) in [5, 5.41) is 0.346. The second kappa shape index (κ2) is 7.71. The lowest BCUT2D eigenvalue weighted by atomic mass is 10.2. The standard InChI is InChI=1S/C19H19N3O4S/c1-4-22(13-8-6-5-7-9-13)14(23)10-21-11-20-17-15(18(21)24)12(2)16(27-17)19(25)26-3/h5-9,11H,4,10H2,1-3H3. The molecule has 0 bridgehead atoms. The van der Waals surface area contributed by atoms with Gasteiger partial charge in [0.1, 0.15) is 16.3 Å². The molecule has 2 heterocycles. The molecular formula is C19H19N3O4S. The summed E-state index contributed by atoms with van der Waals surface area (Å²) in [6, 6.07) is 9.28. The molecule has 27 heavy (non-hydrogen) atoms. The number of aryl methyl sites for hydroxylation is 1. The van der Waals surface area contributed by atoms with Gasteiger partial charge in [-0.3, -0.25) is 14.2 Å². The minimum atomic E-state index is -0.501. The zero-order valence-electron chi connectivity index (χ0n) is 15.3. The van der Waals surface area contributed by atoms with Crippen LogP contribution in [0.4, 0.5) is 5.69 Å². The molecule has 0 N–H and O–H groups in total. The third-order valence-electron chi connectivity index (χ3n) is 4.28. The molecular weight excluding hydrogens is 366 g/mol. The minimum absolute atomic E-state index is 0.132. The van der Waals surface area contributed by atoms with E-state index in [1.807, 2.05) is 37.3 Å². The summed E-state index contributed by atoms with van der Waals surface area (Å²) < 4.78 is 6.03. The number of carbonyl (C=O) groups is 2. The molecule has 0 unspecified atom stereocenters. The molecule has 1 aromatic carbocycles. The number of likely N-dealkylation sites (N-methyl/N-ethyl adjacent to an activating group) is 1. The van der Waals surface area contributed by atoms with Crippen molar-refractivity contribution in [1.29, 1.82) is 0 Å². The van der Waals surface area contributed by atoms with E-state index >= 15 is 0 Å². The van der Waals surface area contributed by atoms with Crippen molar-refractivity contribution in [2.45, 2.75) is 20.4 Å². The second-order valence-electron chi connectivity index (χ2n) is 5.88. The molecule has 140 valence electrons. The van der Waals surface area contributed by atoms with E-state index in [1.54, 1.807) is 11.8 Å². The van der Waals surface area contributed by atoms with Crippen molar-refractivity contribution in [2.24, 2.45) is 0 Å². The number of rotatable bonds is 5. The Labute approximate surface area is 159 Å². The maximum Gasteiger partial charge on any atom is 0.348 e. The Morgan fingerprint density at radius 3 is 2.59 bits per heavy atom. The number of fused-ring (bicyclic) bond motifs is 1. The molecule has 8 heteroatoms. The third-order valence-corrected chi connectivity index (χ3v) is 5.46. The number of thiophene rings is 1. The van der Waals surface area contributed by atoms with Crippen LogP contribution < -0.4 is 10.5 Å². The van der Waals surface area contributed by atoms with Crippen molar-refractivity contribution in [3.63, 3.8) is 0 Å². The van der Waals surface area contributed by atoms with Crippen molar-refractivity contribution in [1.82, 2.24) is 9.55 Å². The number of hydrogen-bond acceptors (Lipinski definition) is 6. The quantitative estimate of drug-likeness (QED) is 0.631. The molecule has 0 atom stereocenters. The zero-order valence-corrected chi connectivity index (χ0v) is 16.1. The fourth-order valence-corrected chi connectivity index (χ4v) is 3.96. The van der Waals surface area contributed by atoms with E-state index in [0.717, 1.165) is 17.0 Å². The highest BCUT2D eigenvalue weighted by molar-refractivity contribution is 7.20. The van der Waals surface area contributed by atoms with E-state index in [9.17, 15) is 14.4 Å². The number of benzene rings is 1. The lowest BCUT2D eigenvalue weighted by molar-refractivity contribution is -0.119. The maximum atomic E-state index is 12.9. The Morgan fingerprint density at radius 1 is 1.26 bits per heavy atom. The molecule has 2 aromatic heterocycles. The van der Waals surface area contributed by atoms with Crippen LogP contribution in [0.2, 0.25) is 0 Å². The van der Waals surface area contributed by atoms with Crippen LogP contribution >= 0.6 is 11.3 Å². The van der Waals surface area contributed by atoms with Crippen LogP contribution in [0, 0.1) is 6.92 Å². The first-order valence-electron chi connectivity index (χ1n) is 8.40. The highest BCUT2D eigenvalue weighted by Crippen LogP contribution is 2.27. The number of anilines is 1. The van der Waals surface area contributed by atoms with Crippen LogP contribution in [0.15, 0.2) is 41.5 Å². The Morgan fingerprint density at radius 2 is 1.96 bits per heavy atom. The van der Waals surface area contributed by atoms with Crippen LogP contribution in [-0.4, -0.2) is 35.1 Å². The fourth-order valence-electron chi connectivity index (χ4n) is 2.90. The Balaban J connectivity index is 1.96. The number of para-hydroxylation sites is 1. The number of carbonyl (C=O) groups excluding carboxylic acids is 2. The van der Waals surface area contributed by atoms with Crippen molar-refractivity contribution in [3.8, 4) is 0 Å². The van der Waals surface area contributed by atoms with E-state index < -0.39 is 5.97 Å². The largest absolute Gasteiger partial charge is 0.465 e. The van der Waals surface area contributed by atoms with Crippen LogP contribution in [-0.2, 0) is 16.1 Å². The predicted octanol–water partition coefficient (Wildman–Crippen LogP) is 2.61. The molecule has 3 rings (SSSR count). The molecule has 0 saturated carbocycles. The molecule has 0 aliphatic heterocycles. The number of esters is 1. The van der Waals surface area contributed by atoms with Crippen molar-refractivity contribution < 1.29 is 14.3 Å². The first-order valence-corrected chi connectivity index (χ1v) is 9.21. The summed E-state index contributed by atoms with van der Waals surface area (Å²) in [7, 11) is 1.29. The van der Waals surface area contributed by atoms with Crippen LogP contribution in [0.1, 0.15) is 22.2 Å². The van der Waals surface area contributed by atoms with Crippen molar-refractivity contribution in [3.05, 3.63) is 57.5 Å². The topological polar surface area (TPSA) is 81.5 Å². The number of methoxy groups -OCH3 is 1. The molecule has 0 spiro atoms. The molecule has 0 radical (unpaired) electrons. The van der Waals surface area contributed by atoms with E-state index in [2.05, 4.69) is 4.98 Å². The van der Waals surface area contributed by atoms with Gasteiger partial charge in [-0.15, -0.1) is 11.3 Å². The smallest absolute Gasteiger partial charge is 0.348 e. The first-order chi connectivity index (χ1) is 13.0. The summed E-state index contributed by atoms with van der Waals surface area (Å²) in [6.45, 7) is 3.91.